The standard InChI is InChI=1S/C20H21FN2O2/c21-17-10-4-8-16-9-5-13-23(20(16)17)19(25)11-12-22-18(24)14-15-6-2-1-3-7-15/h1-4,6-8,10H,5,9,11-14H2,(H,22,24). The number of carbonyl (C=O) groups is 2. The fraction of sp³-hybridized carbons (Fsp3) is 0.300. The van der Waals surface area contributed by atoms with Crippen LogP contribution in [0.15, 0.2) is 48.5 Å². The summed E-state index contributed by atoms with van der Waals surface area (Å²) in [6.45, 7) is 0.773. The van der Waals surface area contributed by atoms with Gasteiger partial charge in [0.05, 0.1) is 12.1 Å². The highest BCUT2D eigenvalue weighted by atomic mass is 19.1. The highest BCUT2D eigenvalue weighted by molar-refractivity contribution is 5.95. The lowest BCUT2D eigenvalue weighted by atomic mass is 10.0. The predicted octanol–water partition coefficient (Wildman–Crippen LogP) is 2.85. The summed E-state index contributed by atoms with van der Waals surface area (Å²) in [5.74, 6) is -0.644. The zero-order valence-corrected chi connectivity index (χ0v) is 14.0. The predicted molar refractivity (Wildman–Crippen MR) is 94.8 cm³/mol. The number of nitrogens with zero attached hydrogens (tertiary/aromatic N) is 1. The molecule has 0 spiro atoms. The molecule has 1 aliphatic heterocycles. The number of para-hydroxylation sites is 1. The van der Waals surface area contributed by atoms with Crippen LogP contribution in [0.5, 0.6) is 0 Å². The molecule has 0 aromatic heterocycles. The summed E-state index contributed by atoms with van der Waals surface area (Å²) in [5.41, 5.74) is 2.19. The number of halogens is 1. The van der Waals surface area contributed by atoms with Gasteiger partial charge in [-0.15, -0.1) is 0 Å². The van der Waals surface area contributed by atoms with Crippen LogP contribution < -0.4 is 10.2 Å². The first kappa shape index (κ1) is 17.1. The first-order chi connectivity index (χ1) is 12.1. The summed E-state index contributed by atoms with van der Waals surface area (Å²) in [6, 6.07) is 14.4. The number of aryl methyl sites for hydroxylation is 1. The molecular weight excluding hydrogens is 319 g/mol. The van der Waals surface area contributed by atoms with Crippen molar-refractivity contribution in [1.82, 2.24) is 5.32 Å². The van der Waals surface area contributed by atoms with Gasteiger partial charge in [0.1, 0.15) is 5.82 Å². The van der Waals surface area contributed by atoms with E-state index in [4.69, 9.17) is 0 Å². The Kier molecular flexibility index (Phi) is 5.43. The van der Waals surface area contributed by atoms with E-state index in [0.717, 1.165) is 24.0 Å². The number of hydrogen-bond acceptors (Lipinski definition) is 2. The first-order valence-electron chi connectivity index (χ1n) is 8.53. The molecule has 2 amide bonds. The van der Waals surface area contributed by atoms with Gasteiger partial charge in [-0.25, -0.2) is 4.39 Å². The number of nitrogens with one attached hydrogen (secondary N) is 1. The Labute approximate surface area is 146 Å². The number of carbonyl (C=O) groups excluding carboxylic acids is 2. The van der Waals surface area contributed by atoms with Crippen LogP contribution in [0, 0.1) is 5.82 Å². The molecule has 1 aliphatic rings. The molecule has 0 unspecified atom stereocenters. The Morgan fingerprint density at radius 3 is 2.68 bits per heavy atom. The van der Waals surface area contributed by atoms with Crippen molar-refractivity contribution in [2.45, 2.75) is 25.7 Å². The van der Waals surface area contributed by atoms with Crippen LogP contribution in [0.2, 0.25) is 0 Å². The molecule has 130 valence electrons. The first-order valence-corrected chi connectivity index (χ1v) is 8.53. The van der Waals surface area contributed by atoms with Crippen LogP contribution in [-0.4, -0.2) is 24.9 Å². The largest absolute Gasteiger partial charge is 0.355 e. The Bertz CT molecular complexity index is 762. The van der Waals surface area contributed by atoms with Crippen LogP contribution in [0.25, 0.3) is 0 Å². The molecule has 2 aromatic rings. The fourth-order valence-corrected chi connectivity index (χ4v) is 3.14. The summed E-state index contributed by atoms with van der Waals surface area (Å²) in [4.78, 5) is 25.9. The quantitative estimate of drug-likeness (QED) is 0.910. The maximum absolute atomic E-state index is 14.1. The fourth-order valence-electron chi connectivity index (χ4n) is 3.14. The topological polar surface area (TPSA) is 49.4 Å². The highest BCUT2D eigenvalue weighted by Gasteiger charge is 2.25. The van der Waals surface area contributed by atoms with Crippen molar-refractivity contribution in [3.05, 3.63) is 65.5 Å². The molecule has 3 rings (SSSR count). The third kappa shape index (κ3) is 4.24. The second kappa shape index (κ2) is 7.92. The monoisotopic (exact) mass is 340 g/mol. The summed E-state index contributed by atoms with van der Waals surface area (Å²) >= 11 is 0. The molecule has 0 aliphatic carbocycles. The van der Waals surface area contributed by atoms with E-state index in [1.807, 2.05) is 36.4 Å². The van der Waals surface area contributed by atoms with Gasteiger partial charge in [-0.1, -0.05) is 42.5 Å². The molecule has 0 saturated carbocycles. The lowest BCUT2D eigenvalue weighted by Crippen LogP contribution is -2.38. The van der Waals surface area contributed by atoms with Crippen molar-refractivity contribution in [2.24, 2.45) is 0 Å². The maximum atomic E-state index is 14.1. The summed E-state index contributed by atoms with van der Waals surface area (Å²) in [6.07, 6.45) is 2.05. The molecule has 0 atom stereocenters. The minimum Gasteiger partial charge on any atom is -0.355 e. The van der Waals surface area contributed by atoms with E-state index in [1.165, 1.54) is 11.0 Å². The SMILES string of the molecule is O=C(Cc1ccccc1)NCCC(=O)N1CCCc2cccc(F)c21. The molecule has 0 radical (unpaired) electrons. The number of fused-ring (bicyclic) bond motifs is 1. The zero-order chi connectivity index (χ0) is 17.6. The van der Waals surface area contributed by atoms with Gasteiger partial charge in [-0.2, -0.15) is 0 Å². The van der Waals surface area contributed by atoms with Crippen LogP contribution >= 0.6 is 0 Å². The molecule has 1 N–H and O–H groups in total. The number of hydrogen-bond donors (Lipinski definition) is 1. The van der Waals surface area contributed by atoms with Crippen molar-refractivity contribution in [3.8, 4) is 0 Å². The minimum atomic E-state index is -0.362. The molecule has 2 aromatic carbocycles. The minimum absolute atomic E-state index is 0.121. The van der Waals surface area contributed by atoms with Gasteiger partial charge in [0.15, 0.2) is 0 Å². The van der Waals surface area contributed by atoms with Crippen LogP contribution in [0.1, 0.15) is 24.0 Å². The molecule has 0 fully saturated rings. The summed E-state index contributed by atoms with van der Waals surface area (Å²) < 4.78 is 14.1. The van der Waals surface area contributed by atoms with E-state index < -0.39 is 0 Å². The molecule has 1 heterocycles. The third-order valence-corrected chi connectivity index (χ3v) is 4.34. The van der Waals surface area contributed by atoms with Crippen LogP contribution in [0.3, 0.4) is 0 Å². The second-order valence-electron chi connectivity index (χ2n) is 6.16. The van der Waals surface area contributed by atoms with Crippen LogP contribution in [0.4, 0.5) is 10.1 Å². The normalized spacial score (nSPS) is 13.2. The Hall–Kier alpha value is -2.69. The lowest BCUT2D eigenvalue weighted by Gasteiger charge is -2.30. The van der Waals surface area contributed by atoms with Gasteiger partial charge in [0, 0.05) is 19.5 Å². The lowest BCUT2D eigenvalue weighted by molar-refractivity contribution is -0.121. The van der Waals surface area contributed by atoms with Crippen molar-refractivity contribution < 1.29 is 14.0 Å². The van der Waals surface area contributed by atoms with Gasteiger partial charge < -0.3 is 10.2 Å². The number of anilines is 1. The molecule has 5 heteroatoms. The summed E-state index contributed by atoms with van der Waals surface area (Å²) in [5, 5.41) is 2.76. The second-order valence-corrected chi connectivity index (χ2v) is 6.16. The van der Waals surface area contributed by atoms with Crippen molar-refractivity contribution in [2.75, 3.05) is 18.0 Å². The van der Waals surface area contributed by atoms with Crippen LogP contribution in [-0.2, 0) is 22.4 Å². The van der Waals surface area contributed by atoms with E-state index in [-0.39, 0.29) is 37.0 Å². The highest BCUT2D eigenvalue weighted by Crippen LogP contribution is 2.30. The van der Waals surface area contributed by atoms with E-state index in [0.29, 0.717) is 12.2 Å². The van der Waals surface area contributed by atoms with Crippen molar-refractivity contribution in [1.29, 1.82) is 0 Å². The van der Waals surface area contributed by atoms with Gasteiger partial charge in [-0.3, -0.25) is 9.59 Å². The average molecular weight is 340 g/mol. The Morgan fingerprint density at radius 1 is 1.08 bits per heavy atom. The number of rotatable bonds is 5. The van der Waals surface area contributed by atoms with E-state index >= 15 is 0 Å². The average Bonchev–Trinajstić information content (AvgIpc) is 2.62. The maximum Gasteiger partial charge on any atom is 0.228 e. The third-order valence-electron chi connectivity index (χ3n) is 4.34. The number of benzene rings is 2. The van der Waals surface area contributed by atoms with Gasteiger partial charge >= 0.3 is 0 Å². The van der Waals surface area contributed by atoms with Gasteiger partial charge in [0.25, 0.3) is 0 Å². The molecule has 0 bridgehead atoms. The molecule has 4 nitrogen and oxygen atoms in total. The van der Waals surface area contributed by atoms with Gasteiger partial charge in [-0.05, 0) is 30.0 Å². The van der Waals surface area contributed by atoms with Crippen molar-refractivity contribution in [3.63, 3.8) is 0 Å². The molecular formula is C20H21FN2O2. The molecule has 25 heavy (non-hydrogen) atoms. The number of amides is 2. The van der Waals surface area contributed by atoms with Crippen molar-refractivity contribution >= 4 is 17.5 Å². The molecule has 0 saturated heterocycles. The van der Waals surface area contributed by atoms with Gasteiger partial charge in [0.2, 0.25) is 11.8 Å². The van der Waals surface area contributed by atoms with E-state index in [2.05, 4.69) is 5.32 Å². The smallest absolute Gasteiger partial charge is 0.228 e. The Morgan fingerprint density at radius 2 is 1.88 bits per heavy atom. The zero-order valence-electron chi connectivity index (χ0n) is 14.0. The van der Waals surface area contributed by atoms with E-state index in [1.54, 1.807) is 6.07 Å². The Balaban J connectivity index is 1.53. The van der Waals surface area contributed by atoms with E-state index in [9.17, 15) is 14.0 Å². The summed E-state index contributed by atoms with van der Waals surface area (Å²) in [7, 11) is 0.